The van der Waals surface area contributed by atoms with Gasteiger partial charge in [0.1, 0.15) is 5.69 Å². The molecule has 0 unspecified atom stereocenters. The fourth-order valence-corrected chi connectivity index (χ4v) is 2.64. The first-order valence-corrected chi connectivity index (χ1v) is 7.22. The molecule has 0 amide bonds. The van der Waals surface area contributed by atoms with Crippen LogP contribution in [0.2, 0.25) is 0 Å². The number of hydrogen-bond donors (Lipinski definition) is 0. The molecule has 1 aromatic carbocycles. The summed E-state index contributed by atoms with van der Waals surface area (Å²) in [5, 5.41) is 3.19. The summed E-state index contributed by atoms with van der Waals surface area (Å²) in [5.74, 6) is 0. The van der Waals surface area contributed by atoms with Crippen molar-refractivity contribution in [2.24, 2.45) is 5.18 Å². The minimum atomic E-state index is 0.609. The molecule has 4 heteroatoms. The van der Waals surface area contributed by atoms with Crippen molar-refractivity contribution in [1.29, 1.82) is 0 Å². The van der Waals surface area contributed by atoms with Crippen LogP contribution in [-0.4, -0.2) is 37.6 Å². The number of benzene rings is 1. The maximum Gasteiger partial charge on any atom is 0.113 e. The lowest BCUT2D eigenvalue weighted by Crippen LogP contribution is -2.46. The molecule has 0 aromatic heterocycles. The van der Waals surface area contributed by atoms with Crippen molar-refractivity contribution >= 4 is 11.4 Å². The predicted molar refractivity (Wildman–Crippen MR) is 80.2 cm³/mol. The molecule has 0 atom stereocenters. The Bertz CT molecular complexity index is 425. The van der Waals surface area contributed by atoms with Crippen LogP contribution in [0.5, 0.6) is 0 Å². The summed E-state index contributed by atoms with van der Waals surface area (Å²) in [5.41, 5.74) is 2.80. The van der Waals surface area contributed by atoms with Crippen LogP contribution < -0.4 is 4.90 Å². The number of anilines is 1. The second-order valence-corrected chi connectivity index (χ2v) is 5.08. The third-order valence-corrected chi connectivity index (χ3v) is 3.87. The van der Waals surface area contributed by atoms with Crippen LogP contribution in [0, 0.1) is 4.91 Å². The summed E-state index contributed by atoms with van der Waals surface area (Å²) in [6, 6.07) is 6.13. The number of rotatable bonds is 5. The first kappa shape index (κ1) is 14.0. The Morgan fingerprint density at radius 2 is 1.89 bits per heavy atom. The van der Waals surface area contributed by atoms with Crippen LogP contribution >= 0.6 is 0 Å². The smallest absolute Gasteiger partial charge is 0.113 e. The van der Waals surface area contributed by atoms with Gasteiger partial charge in [-0.05, 0) is 35.8 Å². The summed E-state index contributed by atoms with van der Waals surface area (Å²) in [6.07, 6.45) is 1.96. The highest BCUT2D eigenvalue weighted by Gasteiger charge is 2.16. The van der Waals surface area contributed by atoms with Gasteiger partial charge < -0.3 is 9.80 Å². The fraction of sp³-hybridized carbons (Fsp3) is 0.600. The van der Waals surface area contributed by atoms with Gasteiger partial charge in [0, 0.05) is 31.9 Å². The van der Waals surface area contributed by atoms with Crippen molar-refractivity contribution in [2.45, 2.75) is 26.7 Å². The highest BCUT2D eigenvalue weighted by molar-refractivity contribution is 5.60. The molecule has 0 aliphatic carbocycles. The zero-order chi connectivity index (χ0) is 13.7. The lowest BCUT2D eigenvalue weighted by atomic mass is 10.1. The average Bonchev–Trinajstić information content (AvgIpc) is 2.48. The van der Waals surface area contributed by atoms with Gasteiger partial charge >= 0.3 is 0 Å². The van der Waals surface area contributed by atoms with E-state index in [1.165, 1.54) is 0 Å². The molecule has 1 fully saturated rings. The van der Waals surface area contributed by atoms with Crippen molar-refractivity contribution in [2.75, 3.05) is 37.6 Å². The topological polar surface area (TPSA) is 35.9 Å². The van der Waals surface area contributed by atoms with Gasteiger partial charge in [0.25, 0.3) is 0 Å². The van der Waals surface area contributed by atoms with Gasteiger partial charge in [-0.1, -0.05) is 26.3 Å². The number of likely N-dealkylation sites (N-methyl/N-ethyl adjacent to an activating group) is 1. The van der Waals surface area contributed by atoms with E-state index >= 15 is 0 Å². The van der Waals surface area contributed by atoms with Crippen LogP contribution in [0.4, 0.5) is 11.4 Å². The van der Waals surface area contributed by atoms with E-state index in [1.54, 1.807) is 0 Å². The molecule has 0 bridgehead atoms. The minimum Gasteiger partial charge on any atom is -0.369 e. The monoisotopic (exact) mass is 261 g/mol. The van der Waals surface area contributed by atoms with E-state index < -0.39 is 0 Å². The van der Waals surface area contributed by atoms with Crippen molar-refractivity contribution in [1.82, 2.24) is 4.90 Å². The molecule has 0 saturated carbocycles. The van der Waals surface area contributed by atoms with Crippen molar-refractivity contribution in [3.63, 3.8) is 0 Å². The van der Waals surface area contributed by atoms with E-state index in [9.17, 15) is 4.91 Å². The number of piperazine rings is 1. The highest BCUT2D eigenvalue weighted by atomic mass is 16.3. The third kappa shape index (κ3) is 3.32. The number of hydrogen-bond acceptors (Lipinski definition) is 4. The zero-order valence-electron chi connectivity index (χ0n) is 11.9. The minimum absolute atomic E-state index is 0.609. The summed E-state index contributed by atoms with van der Waals surface area (Å²) < 4.78 is 0. The number of nitroso groups, excluding NO2 is 1. The van der Waals surface area contributed by atoms with E-state index in [0.717, 1.165) is 56.8 Å². The van der Waals surface area contributed by atoms with Gasteiger partial charge in [0.05, 0.1) is 0 Å². The van der Waals surface area contributed by atoms with Crippen LogP contribution in [-0.2, 0) is 6.42 Å². The Labute approximate surface area is 115 Å². The van der Waals surface area contributed by atoms with Gasteiger partial charge in [-0.15, -0.1) is 4.91 Å². The summed E-state index contributed by atoms with van der Waals surface area (Å²) in [4.78, 5) is 15.7. The SMILES string of the molecule is CCCc1ccc(N2CCN(CC)CC2)cc1N=O. The normalized spacial score (nSPS) is 16.6. The summed E-state index contributed by atoms with van der Waals surface area (Å²) >= 11 is 0. The van der Waals surface area contributed by atoms with E-state index in [-0.39, 0.29) is 0 Å². The summed E-state index contributed by atoms with van der Waals surface area (Å²) in [6.45, 7) is 9.67. The molecule has 1 aliphatic rings. The standard InChI is InChI=1S/C15H23N3O/c1-3-5-13-6-7-14(12-15(13)16-19)18-10-8-17(4-2)9-11-18/h6-7,12H,3-5,8-11H2,1-2H3. The van der Waals surface area contributed by atoms with Crippen molar-refractivity contribution in [3.05, 3.63) is 28.7 Å². The Hall–Kier alpha value is -1.42. The molecule has 1 saturated heterocycles. The van der Waals surface area contributed by atoms with Crippen LogP contribution in [0.15, 0.2) is 23.4 Å². The molecule has 1 heterocycles. The Balaban J connectivity index is 2.11. The van der Waals surface area contributed by atoms with Gasteiger partial charge in [0.2, 0.25) is 0 Å². The largest absolute Gasteiger partial charge is 0.369 e. The fourth-order valence-electron chi connectivity index (χ4n) is 2.64. The molecule has 4 nitrogen and oxygen atoms in total. The molecular formula is C15H23N3O. The van der Waals surface area contributed by atoms with Crippen LogP contribution in [0.1, 0.15) is 25.8 Å². The Morgan fingerprint density at radius 1 is 1.16 bits per heavy atom. The molecular weight excluding hydrogens is 238 g/mol. The zero-order valence-corrected chi connectivity index (χ0v) is 11.9. The molecule has 0 N–H and O–H groups in total. The number of nitrogens with zero attached hydrogens (tertiary/aromatic N) is 3. The first-order chi connectivity index (χ1) is 9.28. The Kier molecular flexibility index (Phi) is 4.91. The van der Waals surface area contributed by atoms with Gasteiger partial charge in [0.15, 0.2) is 0 Å². The Morgan fingerprint density at radius 3 is 2.47 bits per heavy atom. The van der Waals surface area contributed by atoms with Gasteiger partial charge in [-0.3, -0.25) is 0 Å². The second kappa shape index (κ2) is 6.66. The van der Waals surface area contributed by atoms with E-state index in [4.69, 9.17) is 0 Å². The van der Waals surface area contributed by atoms with E-state index in [1.807, 2.05) is 6.07 Å². The molecule has 104 valence electrons. The molecule has 19 heavy (non-hydrogen) atoms. The molecule has 0 radical (unpaired) electrons. The average molecular weight is 261 g/mol. The highest BCUT2D eigenvalue weighted by Crippen LogP contribution is 2.27. The lowest BCUT2D eigenvalue weighted by Gasteiger charge is -2.35. The molecule has 0 spiro atoms. The van der Waals surface area contributed by atoms with E-state index in [2.05, 4.69) is 41.0 Å². The van der Waals surface area contributed by atoms with Crippen molar-refractivity contribution < 1.29 is 0 Å². The van der Waals surface area contributed by atoms with Crippen molar-refractivity contribution in [3.8, 4) is 0 Å². The molecule has 1 aliphatic heterocycles. The summed E-state index contributed by atoms with van der Waals surface area (Å²) in [7, 11) is 0. The van der Waals surface area contributed by atoms with Crippen LogP contribution in [0.3, 0.4) is 0 Å². The third-order valence-electron chi connectivity index (χ3n) is 3.87. The predicted octanol–water partition coefficient (Wildman–Crippen LogP) is 3.18. The molecule has 1 aromatic rings. The maximum absolute atomic E-state index is 11.0. The van der Waals surface area contributed by atoms with Gasteiger partial charge in [-0.2, -0.15) is 0 Å². The second-order valence-electron chi connectivity index (χ2n) is 5.08. The number of aryl methyl sites for hydroxylation is 1. The first-order valence-electron chi connectivity index (χ1n) is 7.22. The van der Waals surface area contributed by atoms with Gasteiger partial charge in [-0.25, -0.2) is 0 Å². The quantitative estimate of drug-likeness (QED) is 0.764. The molecule has 2 rings (SSSR count). The van der Waals surface area contributed by atoms with Crippen LogP contribution in [0.25, 0.3) is 0 Å². The van der Waals surface area contributed by atoms with E-state index in [0.29, 0.717) is 5.69 Å². The maximum atomic E-state index is 11.0. The lowest BCUT2D eigenvalue weighted by molar-refractivity contribution is 0.271.